The molecule has 0 radical (unpaired) electrons. The monoisotopic (exact) mass is 286 g/mol. The highest BCUT2D eigenvalue weighted by atomic mass is 16.7. The first kappa shape index (κ1) is 12.6. The van der Waals surface area contributed by atoms with Crippen LogP contribution in [0.3, 0.4) is 0 Å². The van der Waals surface area contributed by atoms with Gasteiger partial charge in [0, 0.05) is 16.3 Å². The van der Waals surface area contributed by atoms with E-state index in [4.69, 9.17) is 18.9 Å². The van der Waals surface area contributed by atoms with Crippen molar-refractivity contribution in [2.75, 3.05) is 20.8 Å². The molecule has 1 saturated heterocycles. The van der Waals surface area contributed by atoms with Crippen LogP contribution in [0.2, 0.25) is 0 Å². The third-order valence-electron chi connectivity index (χ3n) is 4.03. The second kappa shape index (κ2) is 4.44. The lowest BCUT2D eigenvalue weighted by Crippen LogP contribution is -2.28. The first-order valence-corrected chi connectivity index (χ1v) is 6.74. The highest BCUT2D eigenvalue weighted by molar-refractivity contribution is 6.11. The molecule has 2 atom stereocenters. The zero-order chi connectivity index (χ0) is 14.6. The van der Waals surface area contributed by atoms with E-state index in [0.29, 0.717) is 23.7 Å². The molecule has 2 aliphatic rings. The maximum atomic E-state index is 12.6. The Hall–Kier alpha value is -2.11. The molecule has 0 aromatic heterocycles. The van der Waals surface area contributed by atoms with E-state index in [1.165, 1.54) is 0 Å². The SMILES string of the molecule is COc1c2c(c(OC)c3ccccc13)[C@H]1CO[C@H](O1)C2=O. The van der Waals surface area contributed by atoms with Crippen LogP contribution in [0.15, 0.2) is 24.3 Å². The van der Waals surface area contributed by atoms with Gasteiger partial charge in [-0.2, -0.15) is 0 Å². The number of hydrogen-bond acceptors (Lipinski definition) is 5. The summed E-state index contributed by atoms with van der Waals surface area (Å²) in [7, 11) is 3.17. The standard InChI is InChI=1S/C16H14O5/c1-18-14-8-5-3-4-6-9(8)15(19-2)12-11(14)10-7-20-16(21-10)13(12)17/h3-6,10,16H,7H2,1-2H3/t10-,16-/m1/s1. The van der Waals surface area contributed by atoms with Crippen molar-refractivity contribution in [3.05, 3.63) is 35.4 Å². The summed E-state index contributed by atoms with van der Waals surface area (Å²) in [6, 6.07) is 7.70. The summed E-state index contributed by atoms with van der Waals surface area (Å²) in [5, 5.41) is 1.75. The Kier molecular flexibility index (Phi) is 2.67. The number of benzene rings is 2. The predicted octanol–water partition coefficient (Wildman–Crippen LogP) is 2.47. The van der Waals surface area contributed by atoms with Gasteiger partial charge < -0.3 is 18.9 Å². The lowest BCUT2D eigenvalue weighted by molar-refractivity contribution is -0.0409. The first-order valence-electron chi connectivity index (χ1n) is 6.74. The third kappa shape index (κ3) is 1.56. The summed E-state index contributed by atoms with van der Waals surface area (Å²) < 4.78 is 22.1. The Balaban J connectivity index is 2.17. The molecule has 0 saturated carbocycles. The van der Waals surface area contributed by atoms with Gasteiger partial charge in [-0.1, -0.05) is 24.3 Å². The number of methoxy groups -OCH3 is 2. The largest absolute Gasteiger partial charge is 0.496 e. The molecule has 108 valence electrons. The first-order chi connectivity index (χ1) is 10.3. The maximum absolute atomic E-state index is 12.6. The quantitative estimate of drug-likeness (QED) is 0.849. The van der Waals surface area contributed by atoms with Gasteiger partial charge in [-0.05, 0) is 0 Å². The zero-order valence-corrected chi connectivity index (χ0v) is 11.7. The average Bonchev–Trinajstić information content (AvgIpc) is 2.96. The summed E-state index contributed by atoms with van der Waals surface area (Å²) >= 11 is 0. The fourth-order valence-corrected chi connectivity index (χ4v) is 3.19. The van der Waals surface area contributed by atoms with E-state index in [1.807, 2.05) is 24.3 Å². The predicted molar refractivity (Wildman–Crippen MR) is 74.9 cm³/mol. The van der Waals surface area contributed by atoms with Gasteiger partial charge in [0.15, 0.2) is 0 Å². The average molecular weight is 286 g/mol. The minimum absolute atomic E-state index is 0.209. The van der Waals surface area contributed by atoms with Crippen molar-refractivity contribution in [2.45, 2.75) is 12.4 Å². The molecule has 2 aromatic rings. The molecule has 0 spiro atoms. The van der Waals surface area contributed by atoms with E-state index < -0.39 is 6.29 Å². The molecule has 0 N–H and O–H groups in total. The maximum Gasteiger partial charge on any atom is 0.223 e. The highest BCUT2D eigenvalue weighted by Crippen LogP contribution is 2.49. The summed E-state index contributed by atoms with van der Waals surface area (Å²) in [5.41, 5.74) is 1.25. The van der Waals surface area contributed by atoms with Crippen molar-refractivity contribution in [1.29, 1.82) is 0 Å². The van der Waals surface area contributed by atoms with Gasteiger partial charge in [0.2, 0.25) is 12.1 Å². The molecule has 5 heteroatoms. The van der Waals surface area contributed by atoms with Crippen molar-refractivity contribution in [2.24, 2.45) is 0 Å². The smallest absolute Gasteiger partial charge is 0.223 e. The van der Waals surface area contributed by atoms with Gasteiger partial charge in [-0.25, -0.2) is 0 Å². The number of fused-ring (bicyclic) bond motifs is 5. The van der Waals surface area contributed by atoms with Crippen LogP contribution >= 0.6 is 0 Å². The van der Waals surface area contributed by atoms with E-state index in [9.17, 15) is 4.79 Å². The van der Waals surface area contributed by atoms with E-state index in [1.54, 1.807) is 14.2 Å². The summed E-state index contributed by atoms with van der Waals surface area (Å²) in [6.45, 7) is 0.348. The number of carbonyl (C=O) groups is 1. The Morgan fingerprint density at radius 3 is 2.43 bits per heavy atom. The van der Waals surface area contributed by atoms with Crippen LogP contribution in [0.25, 0.3) is 10.8 Å². The van der Waals surface area contributed by atoms with Gasteiger partial charge in [0.25, 0.3) is 0 Å². The summed E-state index contributed by atoms with van der Waals surface area (Å²) in [6.07, 6.45) is -1.13. The van der Waals surface area contributed by atoms with Crippen LogP contribution in [-0.4, -0.2) is 32.9 Å². The van der Waals surface area contributed by atoms with Crippen molar-refractivity contribution >= 4 is 16.6 Å². The molecule has 2 bridgehead atoms. The molecule has 2 aromatic carbocycles. The van der Waals surface area contributed by atoms with E-state index in [-0.39, 0.29) is 11.9 Å². The number of ketones is 1. The second-order valence-corrected chi connectivity index (χ2v) is 5.05. The van der Waals surface area contributed by atoms with Crippen molar-refractivity contribution < 1.29 is 23.7 Å². The van der Waals surface area contributed by atoms with Gasteiger partial charge >= 0.3 is 0 Å². The van der Waals surface area contributed by atoms with Gasteiger partial charge in [-0.3, -0.25) is 4.79 Å². The molecule has 2 heterocycles. The van der Waals surface area contributed by atoms with Crippen molar-refractivity contribution in [3.8, 4) is 11.5 Å². The van der Waals surface area contributed by atoms with E-state index in [2.05, 4.69) is 0 Å². The normalized spacial score (nSPS) is 23.2. The lowest BCUT2D eigenvalue weighted by atomic mass is 9.91. The van der Waals surface area contributed by atoms with Crippen LogP contribution in [0, 0.1) is 0 Å². The molecule has 0 amide bonds. The number of hydrogen-bond donors (Lipinski definition) is 0. The van der Waals surface area contributed by atoms with E-state index >= 15 is 0 Å². The Bertz CT molecular complexity index is 752. The Morgan fingerprint density at radius 1 is 1.10 bits per heavy atom. The highest BCUT2D eigenvalue weighted by Gasteiger charge is 2.45. The van der Waals surface area contributed by atoms with Gasteiger partial charge in [0.1, 0.15) is 17.6 Å². The molecule has 0 unspecified atom stereocenters. The molecular formula is C16H14O5. The van der Waals surface area contributed by atoms with Crippen molar-refractivity contribution in [3.63, 3.8) is 0 Å². The summed E-state index contributed by atoms with van der Waals surface area (Å²) in [4.78, 5) is 12.6. The molecule has 1 fully saturated rings. The Labute approximate surface area is 121 Å². The number of rotatable bonds is 2. The third-order valence-corrected chi connectivity index (χ3v) is 4.03. The number of Topliss-reactive ketones (excluding diaryl/α,β-unsaturated/α-hetero) is 1. The second-order valence-electron chi connectivity index (χ2n) is 5.05. The molecule has 21 heavy (non-hydrogen) atoms. The zero-order valence-electron chi connectivity index (χ0n) is 11.7. The van der Waals surface area contributed by atoms with Crippen LogP contribution in [0.5, 0.6) is 11.5 Å². The lowest BCUT2D eigenvalue weighted by Gasteiger charge is -2.26. The fraction of sp³-hybridized carbons (Fsp3) is 0.312. The molecule has 0 aliphatic carbocycles. The van der Waals surface area contributed by atoms with E-state index in [0.717, 1.165) is 16.3 Å². The van der Waals surface area contributed by atoms with Crippen LogP contribution in [0.4, 0.5) is 0 Å². The molecule has 5 nitrogen and oxygen atoms in total. The molecule has 4 rings (SSSR count). The number of ether oxygens (including phenoxy) is 4. The Morgan fingerprint density at radius 2 is 1.76 bits per heavy atom. The minimum atomic E-state index is -0.831. The van der Waals surface area contributed by atoms with Gasteiger partial charge in [0.05, 0.1) is 26.4 Å². The summed E-state index contributed by atoms with van der Waals surface area (Å²) in [5.74, 6) is 1.01. The van der Waals surface area contributed by atoms with Crippen molar-refractivity contribution in [1.82, 2.24) is 0 Å². The van der Waals surface area contributed by atoms with Gasteiger partial charge in [-0.15, -0.1) is 0 Å². The fourth-order valence-electron chi connectivity index (χ4n) is 3.19. The molecule has 2 aliphatic heterocycles. The minimum Gasteiger partial charge on any atom is -0.496 e. The van der Waals surface area contributed by atoms with Crippen LogP contribution in [0.1, 0.15) is 22.0 Å². The number of carbonyl (C=O) groups excluding carboxylic acids is 1. The van der Waals surface area contributed by atoms with Crippen LogP contribution < -0.4 is 9.47 Å². The molecular weight excluding hydrogens is 272 g/mol. The topological polar surface area (TPSA) is 54.0 Å². The van der Waals surface area contributed by atoms with Crippen LogP contribution in [-0.2, 0) is 9.47 Å².